The molecule has 0 aliphatic heterocycles. The van der Waals surface area contributed by atoms with Crippen molar-refractivity contribution in [1.82, 2.24) is 15.5 Å². The Morgan fingerprint density at radius 1 is 1.42 bits per heavy atom. The van der Waals surface area contributed by atoms with Gasteiger partial charge < -0.3 is 15.6 Å². The summed E-state index contributed by atoms with van der Waals surface area (Å²) in [5.41, 5.74) is 6.59. The molecule has 0 aliphatic rings. The van der Waals surface area contributed by atoms with E-state index in [9.17, 15) is 9.18 Å². The normalized spacial score (nSPS) is 13.7. The van der Waals surface area contributed by atoms with Gasteiger partial charge in [0.15, 0.2) is 0 Å². The summed E-state index contributed by atoms with van der Waals surface area (Å²) < 4.78 is 18.6. The summed E-state index contributed by atoms with van der Waals surface area (Å²) in [4.78, 5) is 16.5. The summed E-state index contributed by atoms with van der Waals surface area (Å²) in [6, 6.07) is 4.63. The van der Waals surface area contributed by atoms with Crippen LogP contribution in [-0.4, -0.2) is 28.1 Å². The predicted molar refractivity (Wildman–Crippen MR) is 97.8 cm³/mol. The molecule has 0 radical (unpaired) electrons. The number of carbonyl (C=O) groups is 1. The Labute approximate surface area is 153 Å². The number of aromatic nitrogens is 2. The van der Waals surface area contributed by atoms with Gasteiger partial charge in [-0.15, -0.1) is 0 Å². The fourth-order valence-corrected chi connectivity index (χ4v) is 2.96. The molecule has 0 saturated carbocycles. The molecule has 0 spiro atoms. The number of nitrogens with two attached hydrogens (primary N) is 1. The Morgan fingerprint density at radius 3 is 2.77 bits per heavy atom. The largest absolute Gasteiger partial charge is 0.350 e. The molecule has 0 fully saturated rings. The molecule has 6 nitrogen and oxygen atoms in total. The van der Waals surface area contributed by atoms with E-state index in [4.69, 9.17) is 10.3 Å². The molecule has 142 valence electrons. The topological polar surface area (TPSA) is 94.0 Å². The minimum Gasteiger partial charge on any atom is -0.350 e. The molecule has 1 aromatic heterocycles. The van der Waals surface area contributed by atoms with Crippen LogP contribution in [0.4, 0.5) is 4.39 Å². The van der Waals surface area contributed by atoms with Crippen molar-refractivity contribution in [2.24, 2.45) is 11.7 Å². The fourth-order valence-electron chi connectivity index (χ4n) is 2.96. The van der Waals surface area contributed by atoms with Crippen molar-refractivity contribution >= 4 is 5.91 Å². The fraction of sp³-hybridized carbons (Fsp3) is 0.526. The van der Waals surface area contributed by atoms with Gasteiger partial charge in [-0.05, 0) is 49.9 Å². The zero-order chi connectivity index (χ0) is 19.3. The van der Waals surface area contributed by atoms with Crippen LogP contribution in [0.25, 0.3) is 11.4 Å². The number of halogens is 1. The van der Waals surface area contributed by atoms with Crippen LogP contribution < -0.4 is 11.1 Å². The van der Waals surface area contributed by atoms with Gasteiger partial charge in [0, 0.05) is 30.5 Å². The number of rotatable bonds is 8. The highest BCUT2D eigenvalue weighted by molar-refractivity contribution is 5.77. The Kier molecular flexibility index (Phi) is 6.47. The van der Waals surface area contributed by atoms with Crippen molar-refractivity contribution < 1.29 is 13.7 Å². The third-order valence-electron chi connectivity index (χ3n) is 4.20. The summed E-state index contributed by atoms with van der Waals surface area (Å²) in [6.07, 6.45) is 1.38. The van der Waals surface area contributed by atoms with Gasteiger partial charge >= 0.3 is 0 Å². The van der Waals surface area contributed by atoms with Crippen molar-refractivity contribution in [2.75, 3.05) is 6.54 Å². The van der Waals surface area contributed by atoms with Gasteiger partial charge in [-0.25, -0.2) is 4.39 Å². The van der Waals surface area contributed by atoms with Crippen LogP contribution in [0.1, 0.15) is 45.1 Å². The summed E-state index contributed by atoms with van der Waals surface area (Å²) in [5, 5.41) is 6.91. The van der Waals surface area contributed by atoms with Crippen molar-refractivity contribution in [3.05, 3.63) is 35.5 Å². The number of hydrogen-bond acceptors (Lipinski definition) is 5. The highest BCUT2D eigenvalue weighted by Gasteiger charge is 2.25. The minimum absolute atomic E-state index is 0.101. The van der Waals surface area contributed by atoms with Crippen molar-refractivity contribution in [3.8, 4) is 11.4 Å². The molecule has 3 N–H and O–H groups in total. The summed E-state index contributed by atoms with van der Waals surface area (Å²) in [6.45, 7) is 8.20. The first-order chi connectivity index (χ1) is 12.2. The van der Waals surface area contributed by atoms with Crippen LogP contribution in [0, 0.1) is 18.7 Å². The Bertz CT molecular complexity index is 760. The van der Waals surface area contributed by atoms with E-state index in [1.807, 2.05) is 6.92 Å². The zero-order valence-electron chi connectivity index (χ0n) is 15.8. The van der Waals surface area contributed by atoms with Crippen LogP contribution in [0.2, 0.25) is 0 Å². The smallest absolute Gasteiger partial charge is 0.227 e. The molecule has 0 saturated heterocycles. The van der Waals surface area contributed by atoms with Gasteiger partial charge in [-0.1, -0.05) is 19.0 Å². The SMILES string of the molecule is Cc1cc(-c2noc(CCC(=O)NC(C)(CN)CC(C)C)n2)ccc1F. The highest BCUT2D eigenvalue weighted by atomic mass is 19.1. The van der Waals surface area contributed by atoms with Gasteiger partial charge in [0.2, 0.25) is 17.6 Å². The maximum Gasteiger partial charge on any atom is 0.227 e. The lowest BCUT2D eigenvalue weighted by Crippen LogP contribution is -2.52. The first-order valence-corrected chi connectivity index (χ1v) is 8.82. The number of benzene rings is 1. The van der Waals surface area contributed by atoms with Crippen LogP contribution in [0.5, 0.6) is 0 Å². The van der Waals surface area contributed by atoms with Gasteiger partial charge in [-0.2, -0.15) is 4.98 Å². The molecule has 1 heterocycles. The van der Waals surface area contributed by atoms with E-state index >= 15 is 0 Å². The molecule has 26 heavy (non-hydrogen) atoms. The van der Waals surface area contributed by atoms with Crippen molar-refractivity contribution in [1.29, 1.82) is 0 Å². The van der Waals surface area contributed by atoms with Crippen molar-refractivity contribution in [2.45, 2.75) is 52.5 Å². The number of carbonyl (C=O) groups excluding carboxylic acids is 1. The molecule has 7 heteroatoms. The quantitative estimate of drug-likeness (QED) is 0.753. The second-order valence-electron chi connectivity index (χ2n) is 7.39. The molecule has 0 aliphatic carbocycles. The number of amides is 1. The van der Waals surface area contributed by atoms with Crippen LogP contribution in [-0.2, 0) is 11.2 Å². The average Bonchev–Trinajstić information content (AvgIpc) is 3.03. The number of hydrogen-bond donors (Lipinski definition) is 2. The molecule has 1 atom stereocenters. The van der Waals surface area contributed by atoms with Crippen LogP contribution >= 0.6 is 0 Å². The van der Waals surface area contributed by atoms with Gasteiger partial charge in [-0.3, -0.25) is 4.79 Å². The third-order valence-corrected chi connectivity index (χ3v) is 4.20. The van der Waals surface area contributed by atoms with E-state index in [0.717, 1.165) is 6.42 Å². The lowest BCUT2D eigenvalue weighted by molar-refractivity contribution is -0.123. The van der Waals surface area contributed by atoms with Crippen LogP contribution in [0.15, 0.2) is 22.7 Å². The monoisotopic (exact) mass is 362 g/mol. The molecule has 1 amide bonds. The van der Waals surface area contributed by atoms with Gasteiger partial charge in [0.25, 0.3) is 0 Å². The van der Waals surface area contributed by atoms with E-state index in [2.05, 4.69) is 29.3 Å². The van der Waals surface area contributed by atoms with E-state index in [0.29, 0.717) is 41.7 Å². The lowest BCUT2D eigenvalue weighted by Gasteiger charge is -2.31. The van der Waals surface area contributed by atoms with Gasteiger partial charge in [0.1, 0.15) is 5.82 Å². The Morgan fingerprint density at radius 2 is 2.15 bits per heavy atom. The Hall–Kier alpha value is -2.28. The molecular formula is C19H27FN4O2. The zero-order valence-corrected chi connectivity index (χ0v) is 15.8. The second kappa shape index (κ2) is 8.40. The predicted octanol–water partition coefficient (Wildman–Crippen LogP) is 3.00. The van der Waals surface area contributed by atoms with Crippen molar-refractivity contribution in [3.63, 3.8) is 0 Å². The molecule has 1 aromatic carbocycles. The average molecular weight is 362 g/mol. The Balaban J connectivity index is 1.95. The molecule has 0 bridgehead atoms. The lowest BCUT2D eigenvalue weighted by atomic mass is 9.90. The highest BCUT2D eigenvalue weighted by Crippen LogP contribution is 2.20. The molecule has 2 aromatic rings. The summed E-state index contributed by atoms with van der Waals surface area (Å²) in [7, 11) is 0. The van der Waals surface area contributed by atoms with E-state index in [1.54, 1.807) is 19.1 Å². The molecular weight excluding hydrogens is 335 g/mol. The maximum absolute atomic E-state index is 13.4. The van der Waals surface area contributed by atoms with E-state index in [-0.39, 0.29) is 18.1 Å². The summed E-state index contributed by atoms with van der Waals surface area (Å²) >= 11 is 0. The first kappa shape index (κ1) is 20.0. The maximum atomic E-state index is 13.4. The number of aryl methyl sites for hydroxylation is 2. The van der Waals surface area contributed by atoms with Gasteiger partial charge in [0.05, 0.1) is 0 Å². The second-order valence-corrected chi connectivity index (χ2v) is 7.39. The number of nitrogens with zero attached hydrogens (tertiary/aromatic N) is 2. The van der Waals surface area contributed by atoms with E-state index in [1.165, 1.54) is 6.07 Å². The first-order valence-electron chi connectivity index (χ1n) is 8.82. The standard InChI is InChI=1S/C19H27FN4O2/c1-12(2)10-19(4,11-21)23-16(25)7-8-17-22-18(24-26-17)14-5-6-15(20)13(3)9-14/h5-6,9,12H,7-8,10-11,21H2,1-4H3,(H,23,25). The van der Waals surface area contributed by atoms with E-state index < -0.39 is 5.54 Å². The molecule has 2 rings (SSSR count). The number of nitrogens with one attached hydrogen (secondary N) is 1. The molecule has 1 unspecified atom stereocenters. The summed E-state index contributed by atoms with van der Waals surface area (Å²) in [5.74, 6) is 0.807. The van der Waals surface area contributed by atoms with Crippen LogP contribution in [0.3, 0.4) is 0 Å². The third kappa shape index (κ3) is 5.36. The minimum atomic E-state index is -0.420.